The van der Waals surface area contributed by atoms with Gasteiger partial charge in [0, 0.05) is 11.9 Å². The van der Waals surface area contributed by atoms with Crippen LogP contribution in [0.1, 0.15) is 25.0 Å². The van der Waals surface area contributed by atoms with E-state index < -0.39 is 0 Å². The second-order valence-electron chi connectivity index (χ2n) is 5.71. The maximum atomic E-state index is 12.5. The molecule has 0 unspecified atom stereocenters. The van der Waals surface area contributed by atoms with E-state index >= 15 is 0 Å². The van der Waals surface area contributed by atoms with Crippen LogP contribution in [0.15, 0.2) is 36.4 Å². The predicted molar refractivity (Wildman–Crippen MR) is 104 cm³/mol. The number of carbonyl (C=O) groups excluding carboxylic acids is 2. The van der Waals surface area contributed by atoms with Gasteiger partial charge in [-0.15, -0.1) is 0 Å². The molecule has 0 saturated carbocycles. The molecular weight excluding hydrogens is 359 g/mol. The normalized spacial score (nSPS) is 10.4. The van der Waals surface area contributed by atoms with Crippen molar-refractivity contribution < 1.29 is 9.59 Å². The topological polar surface area (TPSA) is 49.4 Å². The first kappa shape index (κ1) is 19.3. The van der Waals surface area contributed by atoms with Gasteiger partial charge in [-0.1, -0.05) is 48.3 Å². The van der Waals surface area contributed by atoms with E-state index in [1.807, 2.05) is 32.0 Å². The number of benzene rings is 2. The summed E-state index contributed by atoms with van der Waals surface area (Å²) < 4.78 is 0. The molecule has 0 heterocycles. The molecule has 0 spiro atoms. The van der Waals surface area contributed by atoms with Gasteiger partial charge in [-0.3, -0.25) is 9.59 Å². The zero-order chi connectivity index (χ0) is 18.6. The van der Waals surface area contributed by atoms with Crippen LogP contribution in [0.4, 0.5) is 11.4 Å². The molecule has 2 rings (SSSR count). The van der Waals surface area contributed by atoms with Crippen molar-refractivity contribution in [3.63, 3.8) is 0 Å². The number of halogens is 2. The van der Waals surface area contributed by atoms with Crippen LogP contribution in [0, 0.1) is 6.92 Å². The van der Waals surface area contributed by atoms with Crippen LogP contribution in [0.2, 0.25) is 10.0 Å². The first-order valence-corrected chi connectivity index (χ1v) is 8.70. The fraction of sp³-hybridized carbons (Fsp3) is 0.263. The number of nitrogens with one attached hydrogen (secondary N) is 1. The molecule has 2 amide bonds. The van der Waals surface area contributed by atoms with Crippen molar-refractivity contribution in [3.8, 4) is 0 Å². The number of hydrogen-bond donors (Lipinski definition) is 1. The summed E-state index contributed by atoms with van der Waals surface area (Å²) in [5.74, 6) is -0.541. The van der Waals surface area contributed by atoms with Crippen LogP contribution < -0.4 is 10.2 Å². The van der Waals surface area contributed by atoms with Crippen LogP contribution in [0.3, 0.4) is 0 Å². The standard InChI is InChI=1S/C19H20Cl2N2O2/c1-4-14-7-5-6-12(2)19(14)23(13(3)24)11-18(25)22-17-10-15(20)8-9-16(17)21/h5-10H,4,11H2,1-3H3,(H,22,25). The van der Waals surface area contributed by atoms with Crippen molar-refractivity contribution in [2.45, 2.75) is 27.2 Å². The Kier molecular flexibility index (Phi) is 6.45. The highest BCUT2D eigenvalue weighted by Crippen LogP contribution is 2.27. The lowest BCUT2D eigenvalue weighted by molar-refractivity contribution is -0.120. The van der Waals surface area contributed by atoms with E-state index in [2.05, 4.69) is 5.32 Å². The smallest absolute Gasteiger partial charge is 0.244 e. The molecule has 0 fully saturated rings. The minimum Gasteiger partial charge on any atom is -0.323 e. The van der Waals surface area contributed by atoms with Gasteiger partial charge in [0.2, 0.25) is 11.8 Å². The Morgan fingerprint density at radius 1 is 1.16 bits per heavy atom. The molecule has 0 bridgehead atoms. The van der Waals surface area contributed by atoms with E-state index in [0.717, 1.165) is 23.2 Å². The quantitative estimate of drug-likeness (QED) is 0.807. The summed E-state index contributed by atoms with van der Waals surface area (Å²) >= 11 is 12.0. The molecule has 2 aromatic carbocycles. The first-order chi connectivity index (χ1) is 11.8. The molecule has 0 aliphatic rings. The Bertz CT molecular complexity index is 806. The van der Waals surface area contributed by atoms with Gasteiger partial charge >= 0.3 is 0 Å². The van der Waals surface area contributed by atoms with Crippen molar-refractivity contribution in [1.29, 1.82) is 0 Å². The van der Waals surface area contributed by atoms with E-state index in [1.165, 1.54) is 11.8 Å². The lowest BCUT2D eigenvalue weighted by Gasteiger charge is -2.25. The monoisotopic (exact) mass is 378 g/mol. The Hall–Kier alpha value is -2.04. The van der Waals surface area contributed by atoms with E-state index in [4.69, 9.17) is 23.2 Å². The van der Waals surface area contributed by atoms with Crippen LogP contribution in [0.25, 0.3) is 0 Å². The largest absolute Gasteiger partial charge is 0.323 e. The van der Waals surface area contributed by atoms with Crippen molar-refractivity contribution in [2.24, 2.45) is 0 Å². The van der Waals surface area contributed by atoms with E-state index in [-0.39, 0.29) is 18.4 Å². The van der Waals surface area contributed by atoms with Crippen molar-refractivity contribution in [2.75, 3.05) is 16.8 Å². The second-order valence-corrected chi connectivity index (χ2v) is 6.56. The third kappa shape index (κ3) is 4.74. The summed E-state index contributed by atoms with van der Waals surface area (Å²) in [6, 6.07) is 10.7. The summed E-state index contributed by atoms with van der Waals surface area (Å²) in [5.41, 5.74) is 3.17. The van der Waals surface area contributed by atoms with Gasteiger partial charge in [0.15, 0.2) is 0 Å². The Balaban J connectivity index is 2.27. The third-order valence-corrected chi connectivity index (χ3v) is 4.42. The Morgan fingerprint density at radius 2 is 1.88 bits per heavy atom. The zero-order valence-electron chi connectivity index (χ0n) is 14.4. The molecule has 0 aromatic heterocycles. The van der Waals surface area contributed by atoms with Crippen molar-refractivity contribution >= 4 is 46.4 Å². The number of amides is 2. The average molecular weight is 379 g/mol. The second kappa shape index (κ2) is 8.37. The highest BCUT2D eigenvalue weighted by molar-refractivity contribution is 6.35. The lowest BCUT2D eigenvalue weighted by Crippen LogP contribution is -2.37. The molecule has 0 aliphatic carbocycles. The average Bonchev–Trinajstić information content (AvgIpc) is 2.56. The number of nitrogens with zero attached hydrogens (tertiary/aromatic N) is 1. The molecule has 0 saturated heterocycles. The fourth-order valence-corrected chi connectivity index (χ4v) is 3.00. The molecule has 132 valence electrons. The van der Waals surface area contributed by atoms with Crippen LogP contribution in [-0.4, -0.2) is 18.4 Å². The van der Waals surface area contributed by atoms with Crippen molar-refractivity contribution in [1.82, 2.24) is 0 Å². The maximum absolute atomic E-state index is 12.5. The number of rotatable bonds is 5. The highest BCUT2D eigenvalue weighted by Gasteiger charge is 2.20. The lowest BCUT2D eigenvalue weighted by atomic mass is 10.0. The number of anilines is 2. The summed E-state index contributed by atoms with van der Waals surface area (Å²) in [7, 11) is 0. The fourth-order valence-electron chi connectivity index (χ4n) is 2.67. The summed E-state index contributed by atoms with van der Waals surface area (Å²) in [6.07, 6.45) is 0.766. The maximum Gasteiger partial charge on any atom is 0.244 e. The van der Waals surface area contributed by atoms with Crippen LogP contribution in [0.5, 0.6) is 0 Å². The first-order valence-electron chi connectivity index (χ1n) is 7.95. The van der Waals surface area contributed by atoms with Gasteiger partial charge in [-0.25, -0.2) is 0 Å². The van der Waals surface area contributed by atoms with Gasteiger partial charge in [0.25, 0.3) is 0 Å². The molecule has 6 heteroatoms. The molecule has 2 aromatic rings. The molecular formula is C19H20Cl2N2O2. The van der Waals surface area contributed by atoms with Crippen molar-refractivity contribution in [3.05, 3.63) is 57.6 Å². The number of aryl methyl sites for hydroxylation is 2. The SMILES string of the molecule is CCc1cccc(C)c1N(CC(=O)Nc1cc(Cl)ccc1Cl)C(C)=O. The van der Waals surface area contributed by atoms with Gasteiger partial charge in [-0.05, 0) is 42.7 Å². The summed E-state index contributed by atoms with van der Waals surface area (Å²) in [4.78, 5) is 26.1. The Morgan fingerprint density at radius 3 is 2.52 bits per heavy atom. The highest BCUT2D eigenvalue weighted by atomic mass is 35.5. The number of para-hydroxylation sites is 1. The third-order valence-electron chi connectivity index (χ3n) is 3.86. The predicted octanol–water partition coefficient (Wildman–Crippen LogP) is 4.86. The van der Waals surface area contributed by atoms with Gasteiger partial charge < -0.3 is 10.2 Å². The zero-order valence-corrected chi connectivity index (χ0v) is 15.9. The number of hydrogen-bond acceptors (Lipinski definition) is 2. The Labute approximate surface area is 157 Å². The summed E-state index contributed by atoms with van der Waals surface area (Å²) in [6.45, 7) is 5.29. The molecule has 4 nitrogen and oxygen atoms in total. The number of carbonyl (C=O) groups is 2. The molecule has 0 aliphatic heterocycles. The van der Waals surface area contributed by atoms with Gasteiger partial charge in [0.1, 0.15) is 6.54 Å². The van der Waals surface area contributed by atoms with E-state index in [1.54, 1.807) is 18.2 Å². The van der Waals surface area contributed by atoms with Crippen LogP contribution in [-0.2, 0) is 16.0 Å². The van der Waals surface area contributed by atoms with E-state index in [0.29, 0.717) is 15.7 Å². The minimum atomic E-state index is -0.343. The molecule has 0 radical (unpaired) electrons. The van der Waals surface area contributed by atoms with E-state index in [9.17, 15) is 9.59 Å². The van der Waals surface area contributed by atoms with Crippen LogP contribution >= 0.6 is 23.2 Å². The molecule has 25 heavy (non-hydrogen) atoms. The minimum absolute atomic E-state index is 0.101. The molecule has 1 N–H and O–H groups in total. The molecule has 0 atom stereocenters. The van der Waals surface area contributed by atoms with Gasteiger partial charge in [0.05, 0.1) is 16.4 Å². The van der Waals surface area contributed by atoms with Gasteiger partial charge in [-0.2, -0.15) is 0 Å². The summed E-state index contributed by atoms with van der Waals surface area (Å²) in [5, 5.41) is 3.57.